The first-order valence-electron chi connectivity index (χ1n) is 7.41. The monoisotopic (exact) mass is 327 g/mol. The standard InChI is InChI=1S/C13H16F3N7/c14-9-11(15)18-13(19-12(9)16)10(17)7-3-1-6(2-4-7)5-8-20-22-23-21-8/h6-7,10H,1-5,17H2,(H,20,21,22,23). The molecule has 0 bridgehead atoms. The summed E-state index contributed by atoms with van der Waals surface area (Å²) in [5, 5.41) is 13.8. The molecule has 1 fully saturated rings. The highest BCUT2D eigenvalue weighted by molar-refractivity contribution is 5.02. The molecule has 0 aromatic carbocycles. The van der Waals surface area contributed by atoms with Crippen molar-refractivity contribution in [2.45, 2.75) is 38.1 Å². The highest BCUT2D eigenvalue weighted by atomic mass is 19.2. The van der Waals surface area contributed by atoms with Crippen molar-refractivity contribution < 1.29 is 13.2 Å². The summed E-state index contributed by atoms with van der Waals surface area (Å²) in [5.74, 6) is -3.79. The van der Waals surface area contributed by atoms with Gasteiger partial charge in [0.2, 0.25) is 5.82 Å². The summed E-state index contributed by atoms with van der Waals surface area (Å²) >= 11 is 0. The fourth-order valence-corrected chi connectivity index (χ4v) is 3.05. The van der Waals surface area contributed by atoms with Gasteiger partial charge in [-0.05, 0) is 37.5 Å². The van der Waals surface area contributed by atoms with Crippen LogP contribution in [-0.2, 0) is 6.42 Å². The lowest BCUT2D eigenvalue weighted by Gasteiger charge is -2.31. The summed E-state index contributed by atoms with van der Waals surface area (Å²) in [6.45, 7) is 0. The number of H-pyrrole nitrogens is 1. The topological polar surface area (TPSA) is 106 Å². The van der Waals surface area contributed by atoms with Crippen LogP contribution < -0.4 is 5.73 Å². The third-order valence-electron chi connectivity index (χ3n) is 4.35. The van der Waals surface area contributed by atoms with Gasteiger partial charge in [-0.2, -0.15) is 18.4 Å². The summed E-state index contributed by atoms with van der Waals surface area (Å²) in [7, 11) is 0. The third kappa shape index (κ3) is 3.46. The highest BCUT2D eigenvalue weighted by Crippen LogP contribution is 2.36. The zero-order valence-electron chi connectivity index (χ0n) is 12.2. The predicted octanol–water partition coefficient (Wildman–Crippen LogP) is 1.46. The van der Waals surface area contributed by atoms with Crippen LogP contribution in [0, 0.1) is 29.5 Å². The molecule has 3 rings (SSSR count). The molecule has 1 saturated carbocycles. The van der Waals surface area contributed by atoms with Crippen molar-refractivity contribution in [2.75, 3.05) is 0 Å². The van der Waals surface area contributed by atoms with Gasteiger partial charge >= 0.3 is 0 Å². The molecule has 124 valence electrons. The van der Waals surface area contributed by atoms with Crippen LogP contribution in [0.25, 0.3) is 0 Å². The number of tetrazole rings is 1. The Bertz CT molecular complexity index is 633. The van der Waals surface area contributed by atoms with Crippen molar-refractivity contribution in [3.63, 3.8) is 0 Å². The molecular weight excluding hydrogens is 311 g/mol. The summed E-state index contributed by atoms with van der Waals surface area (Å²) in [5.41, 5.74) is 6.02. The van der Waals surface area contributed by atoms with E-state index in [0.717, 1.165) is 32.1 Å². The van der Waals surface area contributed by atoms with Crippen molar-refractivity contribution in [3.8, 4) is 0 Å². The second kappa shape index (κ2) is 6.57. The molecule has 0 saturated heterocycles. The summed E-state index contributed by atoms with van der Waals surface area (Å²) in [6, 6.07) is -0.717. The first-order chi connectivity index (χ1) is 11.0. The number of nitrogens with two attached hydrogens (primary N) is 1. The van der Waals surface area contributed by atoms with E-state index >= 15 is 0 Å². The fourth-order valence-electron chi connectivity index (χ4n) is 3.05. The van der Waals surface area contributed by atoms with Crippen LogP contribution in [0.5, 0.6) is 0 Å². The van der Waals surface area contributed by atoms with E-state index < -0.39 is 23.8 Å². The summed E-state index contributed by atoms with van der Waals surface area (Å²) < 4.78 is 39.3. The Balaban J connectivity index is 1.61. The minimum atomic E-state index is -1.68. The Morgan fingerprint density at radius 1 is 1.09 bits per heavy atom. The van der Waals surface area contributed by atoms with E-state index in [1.165, 1.54) is 0 Å². The lowest BCUT2D eigenvalue weighted by Crippen LogP contribution is -2.29. The number of hydrogen-bond acceptors (Lipinski definition) is 6. The molecule has 23 heavy (non-hydrogen) atoms. The first kappa shape index (κ1) is 15.8. The van der Waals surface area contributed by atoms with Crippen LogP contribution in [0.2, 0.25) is 0 Å². The van der Waals surface area contributed by atoms with Gasteiger partial charge in [0.25, 0.3) is 11.9 Å². The molecule has 3 N–H and O–H groups in total. The van der Waals surface area contributed by atoms with Crippen molar-refractivity contribution in [2.24, 2.45) is 17.6 Å². The SMILES string of the molecule is NC(c1nc(F)c(F)c(F)n1)C1CCC(Cc2nn[nH]n2)CC1. The number of nitrogens with one attached hydrogen (secondary N) is 1. The zero-order chi connectivity index (χ0) is 16.4. The van der Waals surface area contributed by atoms with E-state index in [0.29, 0.717) is 11.7 Å². The second-order valence-corrected chi connectivity index (χ2v) is 5.82. The molecule has 10 heteroatoms. The number of halogens is 3. The van der Waals surface area contributed by atoms with Gasteiger partial charge in [0.1, 0.15) is 0 Å². The van der Waals surface area contributed by atoms with Gasteiger partial charge in [-0.1, -0.05) is 5.21 Å². The minimum Gasteiger partial charge on any atom is -0.321 e. The van der Waals surface area contributed by atoms with Gasteiger partial charge in [0.05, 0.1) is 6.04 Å². The molecule has 0 aliphatic heterocycles. The quantitative estimate of drug-likeness (QED) is 0.823. The van der Waals surface area contributed by atoms with Gasteiger partial charge in [-0.15, -0.1) is 10.2 Å². The van der Waals surface area contributed by atoms with Crippen molar-refractivity contribution in [1.82, 2.24) is 30.6 Å². The fraction of sp³-hybridized carbons (Fsp3) is 0.615. The van der Waals surface area contributed by atoms with Crippen LogP contribution >= 0.6 is 0 Å². The van der Waals surface area contributed by atoms with E-state index in [-0.39, 0.29) is 11.7 Å². The van der Waals surface area contributed by atoms with Crippen LogP contribution in [0.15, 0.2) is 0 Å². The lowest BCUT2D eigenvalue weighted by molar-refractivity contribution is 0.234. The lowest BCUT2D eigenvalue weighted by atomic mass is 9.77. The van der Waals surface area contributed by atoms with Gasteiger partial charge in [0, 0.05) is 6.42 Å². The van der Waals surface area contributed by atoms with Gasteiger partial charge in [-0.25, -0.2) is 9.97 Å². The van der Waals surface area contributed by atoms with Crippen molar-refractivity contribution >= 4 is 0 Å². The molecular formula is C13H16F3N7. The zero-order valence-corrected chi connectivity index (χ0v) is 12.2. The molecule has 1 aliphatic rings. The van der Waals surface area contributed by atoms with E-state index in [9.17, 15) is 13.2 Å². The molecule has 1 atom stereocenters. The number of nitrogens with zero attached hydrogens (tertiary/aromatic N) is 5. The van der Waals surface area contributed by atoms with Crippen molar-refractivity contribution in [3.05, 3.63) is 29.4 Å². The molecule has 2 heterocycles. The molecule has 7 nitrogen and oxygen atoms in total. The van der Waals surface area contributed by atoms with Gasteiger partial charge in [0.15, 0.2) is 11.6 Å². The average molecular weight is 327 g/mol. The van der Waals surface area contributed by atoms with Crippen molar-refractivity contribution in [1.29, 1.82) is 0 Å². The number of hydrogen-bond donors (Lipinski definition) is 2. The maximum atomic E-state index is 13.2. The van der Waals surface area contributed by atoms with E-state index in [1.807, 2.05) is 0 Å². The maximum Gasteiger partial charge on any atom is 0.255 e. The minimum absolute atomic E-state index is 0.000722. The molecule has 1 unspecified atom stereocenters. The molecule has 2 aromatic heterocycles. The summed E-state index contributed by atoms with van der Waals surface area (Å²) in [6.07, 6.45) is 4.05. The van der Waals surface area contributed by atoms with E-state index in [2.05, 4.69) is 30.6 Å². The Morgan fingerprint density at radius 2 is 1.74 bits per heavy atom. The maximum absolute atomic E-state index is 13.2. The number of rotatable bonds is 4. The predicted molar refractivity (Wildman–Crippen MR) is 72.2 cm³/mol. The molecule has 0 spiro atoms. The second-order valence-electron chi connectivity index (χ2n) is 5.82. The number of aromatic nitrogens is 6. The third-order valence-corrected chi connectivity index (χ3v) is 4.35. The van der Waals surface area contributed by atoms with Crippen LogP contribution in [-0.4, -0.2) is 30.6 Å². The van der Waals surface area contributed by atoms with E-state index in [1.54, 1.807) is 0 Å². The van der Waals surface area contributed by atoms with Gasteiger partial charge < -0.3 is 5.73 Å². The first-order valence-corrected chi connectivity index (χ1v) is 7.41. The largest absolute Gasteiger partial charge is 0.321 e. The van der Waals surface area contributed by atoms with Gasteiger partial charge in [-0.3, -0.25) is 0 Å². The Hall–Kier alpha value is -2.10. The van der Waals surface area contributed by atoms with Crippen LogP contribution in [0.4, 0.5) is 13.2 Å². The molecule has 1 aliphatic carbocycles. The van der Waals surface area contributed by atoms with Crippen LogP contribution in [0.3, 0.4) is 0 Å². The van der Waals surface area contributed by atoms with E-state index in [4.69, 9.17) is 5.73 Å². The Labute approximate surface area is 129 Å². The smallest absolute Gasteiger partial charge is 0.255 e. The summed E-state index contributed by atoms with van der Waals surface area (Å²) in [4.78, 5) is 6.68. The normalized spacial score (nSPS) is 23.0. The average Bonchev–Trinajstić information content (AvgIpc) is 3.05. The number of aromatic amines is 1. The Kier molecular flexibility index (Phi) is 4.51. The Morgan fingerprint density at radius 3 is 2.30 bits per heavy atom. The highest BCUT2D eigenvalue weighted by Gasteiger charge is 2.30. The van der Waals surface area contributed by atoms with Crippen LogP contribution in [0.1, 0.15) is 43.4 Å². The molecule has 2 aromatic rings. The molecule has 0 amide bonds. The molecule has 0 radical (unpaired) electrons.